The number of hydrogen-bond donors (Lipinski definition) is 1. The summed E-state index contributed by atoms with van der Waals surface area (Å²) in [5.41, 5.74) is 8.19. The van der Waals surface area contributed by atoms with Gasteiger partial charge >= 0.3 is 0 Å². The lowest BCUT2D eigenvalue weighted by molar-refractivity contribution is -0.119. The van der Waals surface area contributed by atoms with E-state index in [-0.39, 0.29) is 30.2 Å². The quantitative estimate of drug-likeness (QED) is 0.861. The van der Waals surface area contributed by atoms with Gasteiger partial charge in [-0.1, -0.05) is 18.2 Å². The van der Waals surface area contributed by atoms with Crippen LogP contribution in [0.1, 0.15) is 18.9 Å². The third kappa shape index (κ3) is 3.79. The van der Waals surface area contributed by atoms with E-state index in [9.17, 15) is 9.18 Å². The molecule has 2 N–H and O–H groups in total. The fourth-order valence-electron chi connectivity index (χ4n) is 2.79. The van der Waals surface area contributed by atoms with Gasteiger partial charge in [-0.3, -0.25) is 4.79 Å². The van der Waals surface area contributed by atoms with Crippen molar-refractivity contribution in [3.8, 4) is 5.75 Å². The Bertz CT molecular complexity index is 739. The number of benzene rings is 2. The van der Waals surface area contributed by atoms with Gasteiger partial charge in [0.25, 0.3) is 0 Å². The number of nitrogens with two attached hydrogens (primary N) is 1. The fraction of sp³-hybridized carbons (Fsp3) is 0.278. The molecule has 1 amide bonds. The molecule has 24 heavy (non-hydrogen) atoms. The van der Waals surface area contributed by atoms with E-state index in [1.165, 1.54) is 12.1 Å². The Kier molecular flexibility index (Phi) is 5.67. The highest BCUT2D eigenvalue weighted by atomic mass is 35.5. The highest BCUT2D eigenvalue weighted by Gasteiger charge is 2.27. The maximum atomic E-state index is 13.4. The van der Waals surface area contributed by atoms with Crippen molar-refractivity contribution < 1.29 is 13.9 Å². The summed E-state index contributed by atoms with van der Waals surface area (Å²) in [6.07, 6.45) is 0.751. The number of nitrogen functional groups attached to an aromatic ring is 1. The first-order valence-electron chi connectivity index (χ1n) is 7.64. The van der Waals surface area contributed by atoms with Crippen LogP contribution in [0.5, 0.6) is 5.75 Å². The van der Waals surface area contributed by atoms with Crippen LogP contribution in [0.15, 0.2) is 42.5 Å². The second kappa shape index (κ2) is 7.53. The molecular formula is C18H20ClFN2O2. The summed E-state index contributed by atoms with van der Waals surface area (Å²) >= 11 is 0. The SMILES string of the molecule is CC1CN(C(=O)CCc2ccccc2N)c2ccc(F)cc2O1.Cl. The summed E-state index contributed by atoms with van der Waals surface area (Å²) in [6.45, 7) is 2.32. The van der Waals surface area contributed by atoms with Crippen molar-refractivity contribution in [2.75, 3.05) is 17.2 Å². The van der Waals surface area contributed by atoms with Crippen molar-refractivity contribution in [3.05, 3.63) is 53.8 Å². The van der Waals surface area contributed by atoms with Crippen molar-refractivity contribution in [1.82, 2.24) is 0 Å². The molecule has 0 aliphatic carbocycles. The molecule has 0 radical (unpaired) electrons. The van der Waals surface area contributed by atoms with E-state index in [1.54, 1.807) is 11.0 Å². The highest BCUT2D eigenvalue weighted by molar-refractivity contribution is 5.95. The second-order valence-electron chi connectivity index (χ2n) is 5.74. The summed E-state index contributed by atoms with van der Waals surface area (Å²) < 4.78 is 19.0. The topological polar surface area (TPSA) is 55.6 Å². The van der Waals surface area contributed by atoms with Crippen LogP contribution in [0.3, 0.4) is 0 Å². The van der Waals surface area contributed by atoms with Crippen molar-refractivity contribution in [2.45, 2.75) is 25.9 Å². The van der Waals surface area contributed by atoms with Crippen molar-refractivity contribution in [1.29, 1.82) is 0 Å². The van der Waals surface area contributed by atoms with Crippen molar-refractivity contribution >= 4 is 29.7 Å². The van der Waals surface area contributed by atoms with Gasteiger partial charge in [0, 0.05) is 18.2 Å². The number of halogens is 2. The number of ether oxygens (including phenoxy) is 1. The minimum atomic E-state index is -0.373. The van der Waals surface area contributed by atoms with Gasteiger partial charge in [0.05, 0.1) is 12.2 Å². The Balaban J connectivity index is 0.00000208. The van der Waals surface area contributed by atoms with Crippen LogP contribution in [0, 0.1) is 5.82 Å². The molecule has 3 rings (SSSR count). The largest absolute Gasteiger partial charge is 0.487 e. The molecule has 4 nitrogen and oxygen atoms in total. The van der Waals surface area contributed by atoms with Gasteiger partial charge in [0.15, 0.2) is 0 Å². The lowest BCUT2D eigenvalue weighted by Crippen LogP contribution is -2.42. The van der Waals surface area contributed by atoms with Crippen LogP contribution in [-0.4, -0.2) is 18.6 Å². The fourth-order valence-corrected chi connectivity index (χ4v) is 2.79. The number of anilines is 2. The minimum absolute atomic E-state index is 0. The molecule has 2 aromatic carbocycles. The van der Waals surface area contributed by atoms with Crippen LogP contribution in [-0.2, 0) is 11.2 Å². The van der Waals surface area contributed by atoms with E-state index in [0.717, 1.165) is 5.56 Å². The number of carbonyl (C=O) groups is 1. The molecule has 128 valence electrons. The smallest absolute Gasteiger partial charge is 0.227 e. The third-order valence-electron chi connectivity index (χ3n) is 3.94. The number of para-hydroxylation sites is 1. The lowest BCUT2D eigenvalue weighted by Gasteiger charge is -2.33. The molecule has 1 aliphatic heterocycles. The number of amides is 1. The molecule has 1 unspecified atom stereocenters. The predicted octanol–water partition coefficient (Wildman–Crippen LogP) is 3.58. The number of carbonyl (C=O) groups excluding carboxylic acids is 1. The molecule has 1 aliphatic rings. The molecule has 0 aromatic heterocycles. The van der Waals surface area contributed by atoms with Gasteiger partial charge in [-0.25, -0.2) is 4.39 Å². The lowest BCUT2D eigenvalue weighted by atomic mass is 10.1. The molecule has 0 saturated carbocycles. The number of rotatable bonds is 3. The first kappa shape index (κ1) is 18.1. The summed E-state index contributed by atoms with van der Waals surface area (Å²) in [7, 11) is 0. The summed E-state index contributed by atoms with van der Waals surface area (Å²) in [5, 5.41) is 0. The van der Waals surface area contributed by atoms with Crippen LogP contribution in [0.2, 0.25) is 0 Å². The van der Waals surface area contributed by atoms with Gasteiger partial charge in [-0.05, 0) is 37.1 Å². The zero-order valence-electron chi connectivity index (χ0n) is 13.4. The molecule has 0 fully saturated rings. The van der Waals surface area contributed by atoms with Crippen molar-refractivity contribution in [2.24, 2.45) is 0 Å². The van der Waals surface area contributed by atoms with Gasteiger partial charge in [0.2, 0.25) is 5.91 Å². The van der Waals surface area contributed by atoms with E-state index in [1.807, 2.05) is 31.2 Å². The maximum absolute atomic E-state index is 13.4. The molecule has 6 heteroatoms. The van der Waals surface area contributed by atoms with E-state index in [0.29, 0.717) is 36.5 Å². The predicted molar refractivity (Wildman–Crippen MR) is 95.3 cm³/mol. The Morgan fingerprint density at radius 1 is 1.33 bits per heavy atom. The normalized spacial score (nSPS) is 15.9. The van der Waals surface area contributed by atoms with Crippen LogP contribution in [0.4, 0.5) is 15.8 Å². The van der Waals surface area contributed by atoms with E-state index < -0.39 is 0 Å². The first-order chi connectivity index (χ1) is 11.0. The molecule has 1 heterocycles. The first-order valence-corrected chi connectivity index (χ1v) is 7.64. The minimum Gasteiger partial charge on any atom is -0.487 e. The van der Waals surface area contributed by atoms with Gasteiger partial charge in [-0.15, -0.1) is 12.4 Å². The molecule has 0 saturated heterocycles. The monoisotopic (exact) mass is 350 g/mol. The van der Waals surface area contributed by atoms with Gasteiger partial charge in [0.1, 0.15) is 17.7 Å². The molecule has 2 aromatic rings. The average molecular weight is 351 g/mol. The number of fused-ring (bicyclic) bond motifs is 1. The Labute approximate surface area is 146 Å². The average Bonchev–Trinajstić information content (AvgIpc) is 2.52. The van der Waals surface area contributed by atoms with Gasteiger partial charge in [-0.2, -0.15) is 0 Å². The second-order valence-corrected chi connectivity index (χ2v) is 5.74. The van der Waals surface area contributed by atoms with Crippen LogP contribution < -0.4 is 15.4 Å². The summed E-state index contributed by atoms with van der Waals surface area (Å²) in [4.78, 5) is 14.3. The van der Waals surface area contributed by atoms with E-state index in [2.05, 4.69) is 0 Å². The molecule has 1 atom stereocenters. The Morgan fingerprint density at radius 3 is 2.83 bits per heavy atom. The van der Waals surface area contributed by atoms with Crippen LogP contribution in [0.25, 0.3) is 0 Å². The van der Waals surface area contributed by atoms with Crippen molar-refractivity contribution in [3.63, 3.8) is 0 Å². The zero-order valence-corrected chi connectivity index (χ0v) is 14.2. The molecule has 0 spiro atoms. The zero-order chi connectivity index (χ0) is 16.4. The number of hydrogen-bond acceptors (Lipinski definition) is 3. The number of aryl methyl sites for hydroxylation is 1. The summed E-state index contributed by atoms with van der Waals surface area (Å²) in [6, 6.07) is 11.8. The molecular weight excluding hydrogens is 331 g/mol. The van der Waals surface area contributed by atoms with Crippen LogP contribution >= 0.6 is 12.4 Å². The van der Waals surface area contributed by atoms with E-state index in [4.69, 9.17) is 10.5 Å². The third-order valence-corrected chi connectivity index (χ3v) is 3.94. The standard InChI is InChI=1S/C18H19FN2O2.ClH/c1-12-11-21(16-8-7-14(19)10-17(16)23-12)18(22)9-6-13-4-2-3-5-15(13)20;/h2-5,7-8,10,12H,6,9,11,20H2,1H3;1H. The number of nitrogens with zero attached hydrogens (tertiary/aromatic N) is 1. The van der Waals surface area contributed by atoms with Gasteiger partial charge < -0.3 is 15.4 Å². The Morgan fingerprint density at radius 2 is 2.08 bits per heavy atom. The van der Waals surface area contributed by atoms with E-state index >= 15 is 0 Å². The molecule has 0 bridgehead atoms. The maximum Gasteiger partial charge on any atom is 0.227 e. The summed E-state index contributed by atoms with van der Waals surface area (Å²) in [5.74, 6) is 0.0231. The highest BCUT2D eigenvalue weighted by Crippen LogP contribution is 2.34. The Hall–Kier alpha value is -2.27.